The van der Waals surface area contributed by atoms with Gasteiger partial charge in [0.2, 0.25) is 0 Å². The average Bonchev–Trinajstić information content (AvgIpc) is 2.72. The summed E-state index contributed by atoms with van der Waals surface area (Å²) in [4.78, 5) is 17.6. The summed E-state index contributed by atoms with van der Waals surface area (Å²) in [7, 11) is 0. The largest absolute Gasteiger partial charge is 0.329 e. The van der Waals surface area contributed by atoms with Crippen LogP contribution in [0.5, 0.6) is 0 Å². The van der Waals surface area contributed by atoms with E-state index in [0.29, 0.717) is 0 Å². The minimum atomic E-state index is -0.0253. The van der Waals surface area contributed by atoms with E-state index in [4.69, 9.17) is 0 Å². The van der Waals surface area contributed by atoms with Gasteiger partial charge in [0, 0.05) is 24.7 Å². The molecule has 0 saturated heterocycles. The van der Waals surface area contributed by atoms with Crippen molar-refractivity contribution < 1.29 is 4.79 Å². The van der Waals surface area contributed by atoms with Gasteiger partial charge in [0.25, 0.3) is 0 Å². The molecule has 5 heteroatoms. The molecule has 4 nitrogen and oxygen atoms in total. The van der Waals surface area contributed by atoms with E-state index >= 15 is 0 Å². The quantitative estimate of drug-likeness (QED) is 0.857. The van der Waals surface area contributed by atoms with Crippen LogP contribution in [0.3, 0.4) is 0 Å². The van der Waals surface area contributed by atoms with Gasteiger partial charge < -0.3 is 10.2 Å². The Morgan fingerprint density at radius 3 is 2.73 bits per heavy atom. The summed E-state index contributed by atoms with van der Waals surface area (Å²) in [5.74, 6) is 0. The van der Waals surface area contributed by atoms with Crippen molar-refractivity contribution in [3.8, 4) is 0 Å². The normalized spacial score (nSPS) is 12.2. The number of carbonyl (C=O) groups is 1. The summed E-state index contributed by atoms with van der Waals surface area (Å²) in [6.07, 6.45) is 1.75. The number of nitrogens with one attached hydrogen (secondary N) is 1. The van der Waals surface area contributed by atoms with Crippen LogP contribution in [0.1, 0.15) is 31.8 Å². The second kappa shape index (κ2) is 5.70. The molecule has 0 fully saturated rings. The lowest BCUT2D eigenvalue weighted by Gasteiger charge is -2.21. The first-order valence-corrected chi connectivity index (χ1v) is 6.01. The van der Waals surface area contributed by atoms with E-state index in [2.05, 4.69) is 10.3 Å². The summed E-state index contributed by atoms with van der Waals surface area (Å²) < 4.78 is 0. The third kappa shape index (κ3) is 3.20. The van der Waals surface area contributed by atoms with Crippen LogP contribution in [0.2, 0.25) is 0 Å². The Labute approximate surface area is 94.3 Å². The molecule has 1 heterocycles. The standard InChI is InChI=1S/C10H17N3OS/c1-4-13(5-2)10(14)12-8(3)9-11-6-7-15-9/h6-8H,4-5H2,1-3H3,(H,12,14). The van der Waals surface area contributed by atoms with Crippen LogP contribution < -0.4 is 5.32 Å². The van der Waals surface area contributed by atoms with Gasteiger partial charge in [0.15, 0.2) is 0 Å². The Morgan fingerprint density at radius 1 is 1.60 bits per heavy atom. The number of urea groups is 1. The molecule has 2 amide bonds. The fourth-order valence-corrected chi connectivity index (χ4v) is 1.94. The maximum atomic E-state index is 11.7. The van der Waals surface area contributed by atoms with E-state index in [0.717, 1.165) is 18.1 Å². The molecule has 84 valence electrons. The number of carbonyl (C=O) groups excluding carboxylic acids is 1. The Bertz CT molecular complexity index is 296. The zero-order valence-electron chi connectivity index (χ0n) is 9.36. The van der Waals surface area contributed by atoms with Crippen LogP contribution >= 0.6 is 11.3 Å². The smallest absolute Gasteiger partial charge is 0.317 e. The van der Waals surface area contributed by atoms with Crippen molar-refractivity contribution in [2.75, 3.05) is 13.1 Å². The first-order valence-electron chi connectivity index (χ1n) is 5.13. The number of amides is 2. The molecule has 1 aromatic rings. The zero-order chi connectivity index (χ0) is 11.3. The van der Waals surface area contributed by atoms with Crippen molar-refractivity contribution in [2.24, 2.45) is 0 Å². The number of hydrogen-bond donors (Lipinski definition) is 1. The van der Waals surface area contributed by atoms with E-state index < -0.39 is 0 Å². The summed E-state index contributed by atoms with van der Waals surface area (Å²) in [6, 6.07) is -0.0409. The van der Waals surface area contributed by atoms with Crippen molar-refractivity contribution in [3.05, 3.63) is 16.6 Å². The predicted molar refractivity (Wildman–Crippen MR) is 62.0 cm³/mol. The van der Waals surface area contributed by atoms with Gasteiger partial charge in [-0.25, -0.2) is 9.78 Å². The third-order valence-electron chi connectivity index (χ3n) is 2.21. The second-order valence-electron chi connectivity index (χ2n) is 3.21. The Hall–Kier alpha value is -1.10. The van der Waals surface area contributed by atoms with E-state index in [1.807, 2.05) is 26.2 Å². The van der Waals surface area contributed by atoms with E-state index in [1.165, 1.54) is 0 Å². The topological polar surface area (TPSA) is 45.2 Å². The van der Waals surface area contributed by atoms with Gasteiger partial charge in [-0.05, 0) is 20.8 Å². The fourth-order valence-electron chi connectivity index (χ4n) is 1.30. The minimum Gasteiger partial charge on any atom is -0.329 e. The third-order valence-corrected chi connectivity index (χ3v) is 3.17. The van der Waals surface area contributed by atoms with Crippen molar-refractivity contribution in [3.63, 3.8) is 0 Å². The maximum Gasteiger partial charge on any atom is 0.317 e. The molecule has 0 radical (unpaired) electrons. The van der Waals surface area contributed by atoms with Crippen LogP contribution in [0.15, 0.2) is 11.6 Å². The lowest BCUT2D eigenvalue weighted by molar-refractivity contribution is 0.200. The van der Waals surface area contributed by atoms with Crippen LogP contribution in [0, 0.1) is 0 Å². The molecular weight excluding hydrogens is 210 g/mol. The van der Waals surface area contributed by atoms with Gasteiger partial charge in [0.05, 0.1) is 6.04 Å². The molecule has 0 bridgehead atoms. The highest BCUT2D eigenvalue weighted by Gasteiger charge is 2.14. The maximum absolute atomic E-state index is 11.7. The van der Waals surface area contributed by atoms with Crippen molar-refractivity contribution in [2.45, 2.75) is 26.8 Å². The van der Waals surface area contributed by atoms with E-state index in [1.54, 1.807) is 22.4 Å². The average molecular weight is 227 g/mol. The van der Waals surface area contributed by atoms with Crippen LogP contribution in [0.25, 0.3) is 0 Å². The molecule has 0 aliphatic rings. The van der Waals surface area contributed by atoms with Crippen molar-refractivity contribution in [1.29, 1.82) is 0 Å². The highest BCUT2D eigenvalue weighted by molar-refractivity contribution is 7.09. The zero-order valence-corrected chi connectivity index (χ0v) is 10.2. The molecule has 0 aliphatic carbocycles. The van der Waals surface area contributed by atoms with Gasteiger partial charge in [-0.3, -0.25) is 0 Å². The van der Waals surface area contributed by atoms with Crippen LogP contribution in [-0.2, 0) is 0 Å². The molecule has 0 aromatic carbocycles. The first-order chi connectivity index (χ1) is 7.19. The molecule has 0 spiro atoms. The second-order valence-corrected chi connectivity index (χ2v) is 4.14. The monoisotopic (exact) mass is 227 g/mol. The Morgan fingerprint density at radius 2 is 2.27 bits per heavy atom. The van der Waals surface area contributed by atoms with Gasteiger partial charge in [-0.1, -0.05) is 0 Å². The van der Waals surface area contributed by atoms with Crippen molar-refractivity contribution >= 4 is 17.4 Å². The number of nitrogens with zero attached hydrogens (tertiary/aromatic N) is 2. The molecule has 1 unspecified atom stereocenters. The molecule has 0 saturated carbocycles. The summed E-state index contributed by atoms with van der Waals surface area (Å²) in [5.41, 5.74) is 0. The Balaban J connectivity index is 2.51. The van der Waals surface area contributed by atoms with Gasteiger partial charge in [-0.15, -0.1) is 11.3 Å². The summed E-state index contributed by atoms with van der Waals surface area (Å²) in [6.45, 7) is 7.34. The Kier molecular flexibility index (Phi) is 4.55. The van der Waals surface area contributed by atoms with Crippen LogP contribution in [-0.4, -0.2) is 29.0 Å². The van der Waals surface area contributed by atoms with Crippen molar-refractivity contribution in [1.82, 2.24) is 15.2 Å². The molecule has 15 heavy (non-hydrogen) atoms. The lowest BCUT2D eigenvalue weighted by Crippen LogP contribution is -2.40. The van der Waals surface area contributed by atoms with E-state index in [9.17, 15) is 4.79 Å². The molecule has 1 atom stereocenters. The highest BCUT2D eigenvalue weighted by Crippen LogP contribution is 2.14. The van der Waals surface area contributed by atoms with E-state index in [-0.39, 0.29) is 12.1 Å². The molecule has 1 N–H and O–H groups in total. The minimum absolute atomic E-state index is 0.0156. The summed E-state index contributed by atoms with van der Waals surface area (Å²) in [5, 5.41) is 5.77. The van der Waals surface area contributed by atoms with Gasteiger partial charge in [-0.2, -0.15) is 0 Å². The summed E-state index contributed by atoms with van der Waals surface area (Å²) >= 11 is 1.56. The molecule has 1 rings (SSSR count). The van der Waals surface area contributed by atoms with Gasteiger partial charge in [0.1, 0.15) is 5.01 Å². The fraction of sp³-hybridized carbons (Fsp3) is 0.600. The van der Waals surface area contributed by atoms with Gasteiger partial charge >= 0.3 is 6.03 Å². The number of hydrogen-bond acceptors (Lipinski definition) is 3. The lowest BCUT2D eigenvalue weighted by atomic mass is 10.3. The first kappa shape index (κ1) is 12.0. The SMILES string of the molecule is CCN(CC)C(=O)NC(C)c1nccs1. The number of thiazole rings is 1. The molecular formula is C10H17N3OS. The number of rotatable bonds is 4. The highest BCUT2D eigenvalue weighted by atomic mass is 32.1. The molecule has 1 aromatic heterocycles. The number of aromatic nitrogens is 1. The predicted octanol–water partition coefficient (Wildman–Crippen LogP) is 2.26. The van der Waals surface area contributed by atoms with Crippen LogP contribution in [0.4, 0.5) is 4.79 Å². The molecule has 0 aliphatic heterocycles.